The van der Waals surface area contributed by atoms with Gasteiger partial charge in [-0.15, -0.1) is 0 Å². The predicted octanol–water partition coefficient (Wildman–Crippen LogP) is 4.12. The van der Waals surface area contributed by atoms with E-state index in [1.165, 1.54) is 47.4 Å². The number of hydrogen-bond donors (Lipinski definition) is 2. The number of rotatable bonds is 8. The molecule has 5 nitrogen and oxygen atoms in total. The zero-order chi connectivity index (χ0) is 22.6. The molecule has 1 fully saturated rings. The van der Waals surface area contributed by atoms with Crippen LogP contribution < -0.4 is 10.6 Å². The van der Waals surface area contributed by atoms with Crippen LogP contribution in [0.4, 0.5) is 23.2 Å². The summed E-state index contributed by atoms with van der Waals surface area (Å²) in [6.45, 7) is 1.69. The van der Waals surface area contributed by atoms with Gasteiger partial charge >= 0.3 is 6.18 Å². The SMILES string of the molecule is CCN(CC(=O)Nc1ccccc1C(F)(F)F)C(C(=O)NC1CC1)c1ccc(F)cc1. The molecule has 1 atom stereocenters. The summed E-state index contributed by atoms with van der Waals surface area (Å²) in [6.07, 6.45) is -2.89. The topological polar surface area (TPSA) is 61.4 Å². The molecular formula is C22H23F4N3O2. The maximum absolute atomic E-state index is 13.4. The number of carbonyl (C=O) groups excluding carboxylic acids is 2. The van der Waals surface area contributed by atoms with Crippen molar-refractivity contribution in [1.29, 1.82) is 0 Å². The van der Waals surface area contributed by atoms with Crippen molar-refractivity contribution in [3.05, 3.63) is 65.5 Å². The van der Waals surface area contributed by atoms with Crippen molar-refractivity contribution in [3.8, 4) is 0 Å². The Morgan fingerprint density at radius 3 is 2.32 bits per heavy atom. The molecule has 0 bridgehead atoms. The number of hydrogen-bond acceptors (Lipinski definition) is 3. The molecule has 2 N–H and O–H groups in total. The fraction of sp³-hybridized carbons (Fsp3) is 0.364. The number of halogens is 4. The van der Waals surface area contributed by atoms with Crippen LogP contribution in [0, 0.1) is 5.82 Å². The van der Waals surface area contributed by atoms with Crippen molar-refractivity contribution >= 4 is 17.5 Å². The fourth-order valence-electron chi connectivity index (χ4n) is 3.28. The van der Waals surface area contributed by atoms with Gasteiger partial charge in [0, 0.05) is 6.04 Å². The van der Waals surface area contributed by atoms with Crippen molar-refractivity contribution in [1.82, 2.24) is 10.2 Å². The first-order valence-corrected chi connectivity index (χ1v) is 9.95. The van der Waals surface area contributed by atoms with Gasteiger partial charge in [0.15, 0.2) is 0 Å². The van der Waals surface area contributed by atoms with Gasteiger partial charge in [0.1, 0.15) is 11.9 Å². The molecule has 9 heteroatoms. The summed E-state index contributed by atoms with van der Waals surface area (Å²) in [5.74, 6) is -1.49. The number of anilines is 1. The highest BCUT2D eigenvalue weighted by Crippen LogP contribution is 2.34. The van der Waals surface area contributed by atoms with Crippen LogP contribution in [0.25, 0.3) is 0 Å². The maximum atomic E-state index is 13.4. The summed E-state index contributed by atoms with van der Waals surface area (Å²) in [5, 5.41) is 5.18. The van der Waals surface area contributed by atoms with Crippen molar-refractivity contribution in [3.63, 3.8) is 0 Å². The largest absolute Gasteiger partial charge is 0.418 e. The van der Waals surface area contributed by atoms with Gasteiger partial charge < -0.3 is 10.6 Å². The van der Waals surface area contributed by atoms with Crippen molar-refractivity contribution in [2.24, 2.45) is 0 Å². The second-order valence-corrected chi connectivity index (χ2v) is 7.39. The van der Waals surface area contributed by atoms with Crippen LogP contribution in [0.3, 0.4) is 0 Å². The summed E-state index contributed by atoms with van der Waals surface area (Å²) in [5.41, 5.74) is -0.810. The summed E-state index contributed by atoms with van der Waals surface area (Å²) < 4.78 is 53.0. The first-order valence-electron chi connectivity index (χ1n) is 9.95. The first-order chi connectivity index (χ1) is 14.7. The van der Waals surface area contributed by atoms with E-state index in [1.54, 1.807) is 6.92 Å². The number of para-hydroxylation sites is 1. The quantitative estimate of drug-likeness (QED) is 0.611. The third-order valence-corrected chi connectivity index (χ3v) is 4.98. The summed E-state index contributed by atoms with van der Waals surface area (Å²) in [4.78, 5) is 27.0. The summed E-state index contributed by atoms with van der Waals surface area (Å²) in [6, 6.07) is 9.26. The Hall–Kier alpha value is -2.94. The van der Waals surface area contributed by atoms with Crippen molar-refractivity contribution in [2.75, 3.05) is 18.4 Å². The van der Waals surface area contributed by atoms with Crippen molar-refractivity contribution in [2.45, 2.75) is 38.0 Å². The lowest BCUT2D eigenvalue weighted by Crippen LogP contribution is -2.44. The Morgan fingerprint density at radius 1 is 1.10 bits per heavy atom. The smallest absolute Gasteiger partial charge is 0.352 e. The molecule has 1 unspecified atom stereocenters. The molecule has 166 valence electrons. The molecule has 0 radical (unpaired) electrons. The molecule has 2 aromatic carbocycles. The zero-order valence-electron chi connectivity index (χ0n) is 16.9. The maximum Gasteiger partial charge on any atom is 0.418 e. The first kappa shape index (κ1) is 22.7. The van der Waals surface area contributed by atoms with E-state index in [1.807, 2.05) is 0 Å². The molecule has 2 amide bonds. The third kappa shape index (κ3) is 6.04. The van der Waals surface area contributed by atoms with Crippen molar-refractivity contribution < 1.29 is 27.2 Å². The van der Waals surface area contributed by atoms with Crippen LogP contribution >= 0.6 is 0 Å². The van der Waals surface area contributed by atoms with Crippen LogP contribution in [-0.4, -0.2) is 35.8 Å². The summed E-state index contributed by atoms with van der Waals surface area (Å²) >= 11 is 0. The molecule has 0 aliphatic heterocycles. The zero-order valence-corrected chi connectivity index (χ0v) is 16.9. The molecule has 1 aliphatic rings. The molecule has 0 spiro atoms. The van der Waals surface area contributed by atoms with E-state index in [0.29, 0.717) is 5.56 Å². The van der Waals surface area contributed by atoms with Gasteiger partial charge in [-0.3, -0.25) is 14.5 Å². The molecule has 1 saturated carbocycles. The molecule has 0 heterocycles. The minimum absolute atomic E-state index is 0.0710. The van der Waals surface area contributed by atoms with E-state index in [-0.39, 0.29) is 30.7 Å². The summed E-state index contributed by atoms with van der Waals surface area (Å²) in [7, 11) is 0. The average Bonchev–Trinajstić information content (AvgIpc) is 3.52. The monoisotopic (exact) mass is 437 g/mol. The number of likely N-dealkylation sites (N-methyl/N-ethyl adjacent to an activating group) is 1. The van der Waals surface area contributed by atoms with Crippen LogP contribution in [0.2, 0.25) is 0 Å². The highest BCUT2D eigenvalue weighted by atomic mass is 19.4. The molecule has 3 rings (SSSR count). The number of nitrogens with one attached hydrogen (secondary N) is 2. The molecule has 0 aromatic heterocycles. The van der Waals surface area contributed by atoms with Gasteiger partial charge in [-0.25, -0.2) is 4.39 Å². The Kier molecular flexibility index (Phi) is 6.94. The second kappa shape index (κ2) is 9.47. The van der Waals surface area contributed by atoms with Gasteiger partial charge in [0.25, 0.3) is 0 Å². The molecule has 0 saturated heterocycles. The predicted molar refractivity (Wildman–Crippen MR) is 108 cm³/mol. The van der Waals surface area contributed by atoms with E-state index in [9.17, 15) is 27.2 Å². The van der Waals surface area contributed by atoms with E-state index in [0.717, 1.165) is 18.9 Å². The minimum atomic E-state index is -4.62. The Morgan fingerprint density at radius 2 is 1.74 bits per heavy atom. The lowest BCUT2D eigenvalue weighted by Gasteiger charge is -2.30. The number of nitrogens with zero attached hydrogens (tertiary/aromatic N) is 1. The number of carbonyl (C=O) groups is 2. The fourth-order valence-corrected chi connectivity index (χ4v) is 3.28. The number of benzene rings is 2. The number of alkyl halides is 3. The van der Waals surface area contributed by atoms with Crippen LogP contribution in [0.15, 0.2) is 48.5 Å². The van der Waals surface area contributed by atoms with E-state index in [4.69, 9.17) is 0 Å². The second-order valence-electron chi connectivity index (χ2n) is 7.39. The van der Waals surface area contributed by atoms with E-state index in [2.05, 4.69) is 10.6 Å². The molecule has 31 heavy (non-hydrogen) atoms. The Labute approximate surface area is 177 Å². The average molecular weight is 437 g/mol. The van der Waals surface area contributed by atoms with Gasteiger partial charge in [-0.1, -0.05) is 31.2 Å². The van der Waals surface area contributed by atoms with E-state index < -0.39 is 29.5 Å². The van der Waals surface area contributed by atoms with E-state index >= 15 is 0 Å². The van der Waals surface area contributed by atoms with Gasteiger partial charge in [-0.05, 0) is 49.2 Å². The highest BCUT2D eigenvalue weighted by molar-refractivity contribution is 5.94. The Bertz CT molecular complexity index is 927. The highest BCUT2D eigenvalue weighted by Gasteiger charge is 2.35. The normalized spacial score (nSPS) is 14.9. The minimum Gasteiger partial charge on any atom is -0.352 e. The lowest BCUT2D eigenvalue weighted by molar-refractivity contribution is -0.137. The van der Waals surface area contributed by atoms with Crippen LogP contribution in [-0.2, 0) is 15.8 Å². The van der Waals surface area contributed by atoms with Gasteiger partial charge in [-0.2, -0.15) is 13.2 Å². The third-order valence-electron chi connectivity index (χ3n) is 4.98. The van der Waals surface area contributed by atoms with Gasteiger partial charge in [0.05, 0.1) is 17.8 Å². The van der Waals surface area contributed by atoms with Crippen LogP contribution in [0.1, 0.15) is 36.9 Å². The Balaban J connectivity index is 1.80. The van der Waals surface area contributed by atoms with Gasteiger partial charge in [0.2, 0.25) is 11.8 Å². The molecule has 2 aromatic rings. The standard InChI is InChI=1S/C22H23F4N3O2/c1-2-29(13-19(30)28-18-6-4-3-5-17(18)22(24,25)26)20(21(31)27-16-11-12-16)14-7-9-15(23)10-8-14/h3-10,16,20H,2,11-13H2,1H3,(H,27,31)(H,28,30). The molecular weight excluding hydrogens is 414 g/mol. The van der Waals surface area contributed by atoms with Crippen LogP contribution in [0.5, 0.6) is 0 Å². The number of amides is 2. The lowest BCUT2D eigenvalue weighted by atomic mass is 10.0. The molecule has 1 aliphatic carbocycles.